The molecule has 0 saturated carbocycles. The van der Waals surface area contributed by atoms with Crippen LogP contribution in [-0.2, 0) is 69.1 Å². The van der Waals surface area contributed by atoms with Crippen LogP contribution >= 0.6 is 0 Å². The van der Waals surface area contributed by atoms with E-state index < -0.39 is 66.7 Å². The third kappa shape index (κ3) is 8.86. The third-order valence-electron chi connectivity index (χ3n) is 9.46. The largest absolute Gasteiger partial charge is 0.387 e. The molecule has 3 aliphatic rings. The zero-order chi connectivity index (χ0) is 35.9. The number of hydrogen-bond acceptors (Lipinski definition) is 10. The standard InChI is InChI=1S/C42H46O10/c1-42(2)51-40-39(48-26-31-21-13-6-14-22-31)38(50-41(40)52-42)34(44)36-33(43)37(47-25-30-19-11-5-12-20-30)35(46-24-29-17-9-4-10-18-29)32(49-36)27-45-23-28-15-7-3-8-16-28/h3-22,32,34-41,44H,23-27H2,1-2H3/t32-,34?,35-,36+,37-,38+,39+,40-,41-/m1/s1. The summed E-state index contributed by atoms with van der Waals surface area (Å²) in [5, 5.41) is 12.1. The summed E-state index contributed by atoms with van der Waals surface area (Å²) >= 11 is 0. The van der Waals surface area contributed by atoms with E-state index in [1.807, 2.05) is 121 Å². The van der Waals surface area contributed by atoms with E-state index in [0.29, 0.717) is 6.61 Å². The first-order valence-corrected chi connectivity index (χ1v) is 17.8. The number of aliphatic hydroxyl groups excluding tert-OH is 1. The molecule has 9 atom stereocenters. The lowest BCUT2D eigenvalue weighted by Crippen LogP contribution is -2.63. The minimum absolute atomic E-state index is 0.0706. The number of aliphatic hydroxyl groups is 1. The Morgan fingerprint density at radius 1 is 0.635 bits per heavy atom. The molecule has 3 fully saturated rings. The highest BCUT2D eigenvalue weighted by molar-refractivity contribution is 5.89. The van der Waals surface area contributed by atoms with Gasteiger partial charge in [-0.3, -0.25) is 4.79 Å². The van der Waals surface area contributed by atoms with E-state index in [1.54, 1.807) is 13.8 Å². The second kappa shape index (κ2) is 16.9. The van der Waals surface area contributed by atoms with Crippen molar-refractivity contribution in [3.8, 4) is 0 Å². The summed E-state index contributed by atoms with van der Waals surface area (Å²) in [7, 11) is 0. The summed E-state index contributed by atoms with van der Waals surface area (Å²) < 4.78 is 50.5. The molecule has 1 unspecified atom stereocenters. The van der Waals surface area contributed by atoms with Crippen LogP contribution in [0.1, 0.15) is 36.1 Å². The van der Waals surface area contributed by atoms with Crippen molar-refractivity contribution in [2.45, 2.75) is 101 Å². The molecule has 4 aromatic rings. The lowest BCUT2D eigenvalue weighted by Gasteiger charge is -2.43. The maximum Gasteiger partial charge on any atom is 0.195 e. The molecule has 52 heavy (non-hydrogen) atoms. The van der Waals surface area contributed by atoms with Crippen LogP contribution < -0.4 is 0 Å². The molecule has 0 spiro atoms. The average Bonchev–Trinajstić information content (AvgIpc) is 3.65. The van der Waals surface area contributed by atoms with E-state index in [0.717, 1.165) is 22.3 Å². The van der Waals surface area contributed by atoms with Gasteiger partial charge in [0.25, 0.3) is 0 Å². The molecule has 4 aromatic carbocycles. The molecule has 3 aliphatic heterocycles. The van der Waals surface area contributed by atoms with Crippen LogP contribution in [0.4, 0.5) is 0 Å². The highest BCUT2D eigenvalue weighted by atomic mass is 16.8. The van der Waals surface area contributed by atoms with Gasteiger partial charge in [-0.2, -0.15) is 0 Å². The van der Waals surface area contributed by atoms with Crippen molar-refractivity contribution in [3.63, 3.8) is 0 Å². The van der Waals surface area contributed by atoms with Crippen molar-refractivity contribution >= 4 is 5.78 Å². The Labute approximate surface area is 304 Å². The van der Waals surface area contributed by atoms with Crippen molar-refractivity contribution in [2.24, 2.45) is 0 Å². The molecule has 10 heteroatoms. The number of carbonyl (C=O) groups excluding carboxylic acids is 1. The first kappa shape index (κ1) is 36.5. The fraction of sp³-hybridized carbons (Fsp3) is 0.405. The number of ketones is 1. The summed E-state index contributed by atoms with van der Waals surface area (Å²) in [6, 6.07) is 38.8. The number of rotatable bonds is 15. The van der Waals surface area contributed by atoms with Gasteiger partial charge in [0.2, 0.25) is 0 Å². The predicted molar refractivity (Wildman–Crippen MR) is 190 cm³/mol. The highest BCUT2D eigenvalue weighted by Gasteiger charge is 2.60. The van der Waals surface area contributed by atoms with Crippen LogP contribution in [-0.4, -0.2) is 78.4 Å². The molecule has 3 heterocycles. The topological polar surface area (TPSA) is 111 Å². The SMILES string of the molecule is CC1(C)O[C@H]2O[C@@H](C(O)[C@H]3O[C@H](COCc4ccccc4)[C@@H](OCc4ccccc4)[C@H](OCc4ccccc4)C3=O)[C@H](OCc3ccccc3)[C@H]2O1. The Kier molecular flexibility index (Phi) is 11.9. The molecule has 274 valence electrons. The number of ether oxygens (including phenoxy) is 8. The molecule has 0 amide bonds. The molecule has 7 rings (SSSR count). The van der Waals surface area contributed by atoms with Gasteiger partial charge < -0.3 is 43.0 Å². The minimum Gasteiger partial charge on any atom is -0.387 e. The number of carbonyl (C=O) groups is 1. The molecule has 10 nitrogen and oxygen atoms in total. The third-order valence-corrected chi connectivity index (χ3v) is 9.46. The van der Waals surface area contributed by atoms with Gasteiger partial charge in [0, 0.05) is 0 Å². The van der Waals surface area contributed by atoms with Gasteiger partial charge in [0.1, 0.15) is 48.8 Å². The van der Waals surface area contributed by atoms with Gasteiger partial charge in [-0.1, -0.05) is 121 Å². The van der Waals surface area contributed by atoms with E-state index in [-0.39, 0.29) is 26.4 Å². The van der Waals surface area contributed by atoms with Crippen LogP contribution in [0.25, 0.3) is 0 Å². The van der Waals surface area contributed by atoms with Gasteiger partial charge in [-0.05, 0) is 36.1 Å². The Bertz CT molecular complexity index is 1690. The van der Waals surface area contributed by atoms with E-state index in [1.165, 1.54) is 0 Å². The Morgan fingerprint density at radius 2 is 1.12 bits per heavy atom. The summed E-state index contributed by atoms with van der Waals surface area (Å²) in [5.74, 6) is -1.39. The quantitative estimate of drug-likeness (QED) is 0.169. The Hall–Kier alpha value is -3.81. The monoisotopic (exact) mass is 710 g/mol. The smallest absolute Gasteiger partial charge is 0.195 e. The Morgan fingerprint density at radius 3 is 1.65 bits per heavy atom. The molecular formula is C42H46O10. The zero-order valence-corrected chi connectivity index (χ0v) is 29.4. The molecule has 0 aromatic heterocycles. The fourth-order valence-corrected chi connectivity index (χ4v) is 6.91. The number of fused-ring (bicyclic) bond motifs is 1. The highest BCUT2D eigenvalue weighted by Crippen LogP contribution is 2.41. The summed E-state index contributed by atoms with van der Waals surface area (Å²) in [6.45, 7) is 4.58. The van der Waals surface area contributed by atoms with Gasteiger partial charge in [-0.25, -0.2) is 0 Å². The first-order valence-electron chi connectivity index (χ1n) is 17.8. The predicted octanol–water partition coefficient (Wildman–Crippen LogP) is 5.53. The lowest BCUT2D eigenvalue weighted by molar-refractivity contribution is -0.255. The van der Waals surface area contributed by atoms with Crippen molar-refractivity contribution in [1.29, 1.82) is 0 Å². The average molecular weight is 711 g/mol. The maximum atomic E-state index is 14.6. The second-order valence-corrected chi connectivity index (χ2v) is 13.8. The fourth-order valence-electron chi connectivity index (χ4n) is 6.91. The van der Waals surface area contributed by atoms with E-state index in [2.05, 4.69) is 0 Å². The van der Waals surface area contributed by atoms with Gasteiger partial charge >= 0.3 is 0 Å². The van der Waals surface area contributed by atoms with Crippen LogP contribution in [0.15, 0.2) is 121 Å². The van der Waals surface area contributed by atoms with Crippen molar-refractivity contribution in [3.05, 3.63) is 144 Å². The molecule has 1 N–H and O–H groups in total. The van der Waals surface area contributed by atoms with Gasteiger partial charge in [0.15, 0.2) is 17.9 Å². The van der Waals surface area contributed by atoms with Crippen LogP contribution in [0, 0.1) is 0 Å². The van der Waals surface area contributed by atoms with Crippen molar-refractivity contribution < 1.29 is 47.8 Å². The van der Waals surface area contributed by atoms with Crippen molar-refractivity contribution in [1.82, 2.24) is 0 Å². The normalized spacial score (nSPS) is 28.8. The summed E-state index contributed by atoms with van der Waals surface area (Å²) in [5.41, 5.74) is 3.73. The Balaban J connectivity index is 1.16. The van der Waals surface area contributed by atoms with E-state index in [9.17, 15) is 9.90 Å². The summed E-state index contributed by atoms with van der Waals surface area (Å²) in [6.07, 6.45) is -8.82. The molecule has 0 bridgehead atoms. The number of hydrogen-bond donors (Lipinski definition) is 1. The molecule has 0 aliphatic carbocycles. The van der Waals surface area contributed by atoms with Gasteiger partial charge in [0.05, 0.1) is 33.0 Å². The van der Waals surface area contributed by atoms with E-state index >= 15 is 0 Å². The number of benzene rings is 4. The molecule has 0 radical (unpaired) electrons. The van der Waals surface area contributed by atoms with Crippen molar-refractivity contribution in [2.75, 3.05) is 6.61 Å². The van der Waals surface area contributed by atoms with Crippen LogP contribution in [0.5, 0.6) is 0 Å². The summed E-state index contributed by atoms with van der Waals surface area (Å²) in [4.78, 5) is 14.6. The maximum absolute atomic E-state index is 14.6. The first-order chi connectivity index (χ1) is 25.3. The minimum atomic E-state index is -1.47. The zero-order valence-electron chi connectivity index (χ0n) is 29.4. The number of Topliss-reactive ketones (excluding diaryl/α,β-unsaturated/α-hetero) is 1. The second-order valence-electron chi connectivity index (χ2n) is 13.8. The van der Waals surface area contributed by atoms with Crippen LogP contribution in [0.3, 0.4) is 0 Å². The molecular weight excluding hydrogens is 664 g/mol. The molecule has 3 saturated heterocycles. The van der Waals surface area contributed by atoms with Gasteiger partial charge in [-0.15, -0.1) is 0 Å². The van der Waals surface area contributed by atoms with Crippen LogP contribution in [0.2, 0.25) is 0 Å². The van der Waals surface area contributed by atoms with E-state index in [4.69, 9.17) is 37.9 Å². The lowest BCUT2D eigenvalue weighted by atomic mass is 9.90.